The van der Waals surface area contributed by atoms with E-state index in [1.165, 1.54) is 28.8 Å². The summed E-state index contributed by atoms with van der Waals surface area (Å²) in [4.78, 5) is 35.6. The van der Waals surface area contributed by atoms with Crippen molar-refractivity contribution in [1.29, 1.82) is 0 Å². The van der Waals surface area contributed by atoms with Crippen molar-refractivity contribution in [1.82, 2.24) is 14.5 Å². The van der Waals surface area contributed by atoms with Gasteiger partial charge >= 0.3 is 0 Å². The van der Waals surface area contributed by atoms with Gasteiger partial charge in [0.2, 0.25) is 5.95 Å². The fourth-order valence-electron chi connectivity index (χ4n) is 3.26. The van der Waals surface area contributed by atoms with Crippen molar-refractivity contribution in [3.8, 4) is 11.3 Å². The molecular weight excluding hydrogens is 389 g/mol. The van der Waals surface area contributed by atoms with E-state index < -0.39 is 11.9 Å². The Hall–Kier alpha value is -3.59. The number of rotatable bonds is 4. The molecule has 1 atom stereocenters. The molecule has 1 fully saturated rings. The van der Waals surface area contributed by atoms with E-state index in [0.29, 0.717) is 23.9 Å². The van der Waals surface area contributed by atoms with Crippen molar-refractivity contribution in [2.45, 2.75) is 6.10 Å². The summed E-state index contributed by atoms with van der Waals surface area (Å²) in [5.74, 6) is -0.382. The Morgan fingerprint density at radius 3 is 2.80 bits per heavy atom. The second-order valence-corrected chi connectivity index (χ2v) is 6.88. The second kappa shape index (κ2) is 8.42. The molecule has 2 aromatic heterocycles. The Labute approximate surface area is 172 Å². The number of morpholine rings is 1. The van der Waals surface area contributed by atoms with Crippen LogP contribution in [-0.2, 0) is 16.6 Å². The summed E-state index contributed by atoms with van der Waals surface area (Å²) in [6.07, 6.45) is 2.48. The maximum absolute atomic E-state index is 13.4. The molecule has 1 aliphatic heterocycles. The van der Waals surface area contributed by atoms with Gasteiger partial charge in [-0.2, -0.15) is 0 Å². The van der Waals surface area contributed by atoms with Crippen LogP contribution in [0.25, 0.3) is 11.3 Å². The van der Waals surface area contributed by atoms with Gasteiger partial charge in [-0.25, -0.2) is 9.37 Å². The molecule has 1 amide bonds. The minimum absolute atomic E-state index is 0.209. The van der Waals surface area contributed by atoms with Crippen LogP contribution in [0.2, 0.25) is 0 Å². The molecule has 8 nitrogen and oxygen atoms in total. The number of nitrogens with one attached hydrogen (secondary N) is 1. The monoisotopic (exact) mass is 409 g/mol. The SMILES string of the molecule is Cn1c(N2CCOC(C(=O)Nc3cccc(F)c3)C2)nc(-c2ccncc2)cc1=O. The fourth-order valence-corrected chi connectivity index (χ4v) is 3.26. The van der Waals surface area contributed by atoms with Gasteiger partial charge in [0.15, 0.2) is 6.10 Å². The van der Waals surface area contributed by atoms with Gasteiger partial charge in [0, 0.05) is 43.3 Å². The van der Waals surface area contributed by atoms with Gasteiger partial charge in [0.05, 0.1) is 18.8 Å². The summed E-state index contributed by atoms with van der Waals surface area (Å²) >= 11 is 0. The number of aromatic nitrogens is 3. The molecular formula is C21H20FN5O3. The smallest absolute Gasteiger partial charge is 0.255 e. The van der Waals surface area contributed by atoms with Crippen LogP contribution in [-0.4, -0.2) is 46.2 Å². The minimum atomic E-state index is -0.788. The molecule has 1 aromatic carbocycles. The van der Waals surface area contributed by atoms with Gasteiger partial charge in [0.25, 0.3) is 11.5 Å². The highest BCUT2D eigenvalue weighted by molar-refractivity contribution is 5.94. The molecule has 1 saturated heterocycles. The molecule has 1 N–H and O–H groups in total. The number of halogens is 1. The predicted molar refractivity (Wildman–Crippen MR) is 110 cm³/mol. The van der Waals surface area contributed by atoms with Gasteiger partial charge in [-0.3, -0.25) is 19.1 Å². The maximum atomic E-state index is 13.4. The van der Waals surface area contributed by atoms with Crippen LogP contribution in [0.1, 0.15) is 0 Å². The van der Waals surface area contributed by atoms with Crippen molar-refractivity contribution < 1.29 is 13.9 Å². The van der Waals surface area contributed by atoms with Crippen LogP contribution < -0.4 is 15.8 Å². The molecule has 0 aliphatic carbocycles. The molecule has 9 heteroatoms. The number of amides is 1. The lowest BCUT2D eigenvalue weighted by Gasteiger charge is -2.33. The first-order chi connectivity index (χ1) is 14.5. The average Bonchev–Trinajstić information content (AvgIpc) is 2.76. The molecule has 0 spiro atoms. The van der Waals surface area contributed by atoms with Gasteiger partial charge in [0.1, 0.15) is 5.82 Å². The Bertz CT molecular complexity index is 1120. The Balaban J connectivity index is 1.56. The Morgan fingerprint density at radius 2 is 2.03 bits per heavy atom. The number of hydrogen-bond donors (Lipinski definition) is 1. The van der Waals surface area contributed by atoms with E-state index in [9.17, 15) is 14.0 Å². The van der Waals surface area contributed by atoms with Crippen LogP contribution >= 0.6 is 0 Å². The van der Waals surface area contributed by atoms with E-state index in [1.54, 1.807) is 37.6 Å². The summed E-state index contributed by atoms with van der Waals surface area (Å²) in [5.41, 5.74) is 1.45. The summed E-state index contributed by atoms with van der Waals surface area (Å²) in [5, 5.41) is 2.66. The third kappa shape index (κ3) is 4.20. The molecule has 1 aliphatic rings. The lowest BCUT2D eigenvalue weighted by molar-refractivity contribution is -0.128. The largest absolute Gasteiger partial charge is 0.365 e. The van der Waals surface area contributed by atoms with E-state index in [1.807, 2.05) is 4.90 Å². The highest BCUT2D eigenvalue weighted by Crippen LogP contribution is 2.20. The zero-order valence-corrected chi connectivity index (χ0v) is 16.3. The molecule has 3 heterocycles. The van der Waals surface area contributed by atoms with Crippen LogP contribution in [0.15, 0.2) is 59.7 Å². The number of benzene rings is 1. The maximum Gasteiger partial charge on any atom is 0.255 e. The normalized spacial score (nSPS) is 16.3. The zero-order valence-electron chi connectivity index (χ0n) is 16.3. The molecule has 1 unspecified atom stereocenters. The summed E-state index contributed by atoms with van der Waals surface area (Å²) < 4.78 is 20.4. The fraction of sp³-hybridized carbons (Fsp3) is 0.238. The molecule has 154 valence electrons. The standard InChI is InChI=1S/C21H20FN5O3/c1-26-19(28)12-17(14-5-7-23-8-6-14)25-21(26)27-9-10-30-18(13-27)20(29)24-16-4-2-3-15(22)11-16/h2-8,11-12,18H,9-10,13H2,1H3,(H,24,29). The first-order valence-electron chi connectivity index (χ1n) is 9.43. The predicted octanol–water partition coefficient (Wildman–Crippen LogP) is 1.83. The van der Waals surface area contributed by atoms with Crippen molar-refractivity contribution in [2.24, 2.45) is 7.05 Å². The molecule has 0 radical (unpaired) electrons. The summed E-state index contributed by atoms with van der Waals surface area (Å²) in [6.45, 7) is 0.974. The van der Waals surface area contributed by atoms with Gasteiger partial charge in [-0.15, -0.1) is 0 Å². The summed E-state index contributed by atoms with van der Waals surface area (Å²) in [6, 6.07) is 10.7. The van der Waals surface area contributed by atoms with Gasteiger partial charge in [-0.05, 0) is 30.3 Å². The van der Waals surface area contributed by atoms with E-state index in [0.717, 1.165) is 5.56 Å². The Kier molecular flexibility index (Phi) is 5.53. The summed E-state index contributed by atoms with van der Waals surface area (Å²) in [7, 11) is 1.64. The number of ether oxygens (including phenoxy) is 1. The van der Waals surface area contributed by atoms with E-state index in [4.69, 9.17) is 4.74 Å². The van der Waals surface area contributed by atoms with Gasteiger partial charge in [-0.1, -0.05) is 6.07 Å². The van der Waals surface area contributed by atoms with Crippen molar-refractivity contribution in [2.75, 3.05) is 29.9 Å². The zero-order chi connectivity index (χ0) is 21.1. The number of nitrogens with zero attached hydrogens (tertiary/aromatic N) is 4. The van der Waals surface area contributed by atoms with E-state index in [2.05, 4.69) is 15.3 Å². The molecule has 30 heavy (non-hydrogen) atoms. The van der Waals surface area contributed by atoms with E-state index in [-0.39, 0.29) is 24.6 Å². The molecule has 0 bridgehead atoms. The quantitative estimate of drug-likeness (QED) is 0.707. The average molecular weight is 409 g/mol. The number of hydrogen-bond acceptors (Lipinski definition) is 6. The van der Waals surface area contributed by atoms with Crippen LogP contribution in [0.4, 0.5) is 16.0 Å². The van der Waals surface area contributed by atoms with Crippen molar-refractivity contribution in [3.05, 3.63) is 71.0 Å². The first-order valence-corrected chi connectivity index (χ1v) is 9.43. The van der Waals surface area contributed by atoms with E-state index >= 15 is 0 Å². The third-order valence-electron chi connectivity index (χ3n) is 4.82. The molecule has 3 aromatic rings. The third-order valence-corrected chi connectivity index (χ3v) is 4.82. The van der Waals surface area contributed by atoms with Gasteiger partial charge < -0.3 is 15.0 Å². The topological polar surface area (TPSA) is 89.3 Å². The second-order valence-electron chi connectivity index (χ2n) is 6.88. The van der Waals surface area contributed by atoms with Crippen LogP contribution in [0.5, 0.6) is 0 Å². The van der Waals surface area contributed by atoms with Crippen molar-refractivity contribution in [3.63, 3.8) is 0 Å². The van der Waals surface area contributed by atoms with Crippen LogP contribution in [0, 0.1) is 5.82 Å². The minimum Gasteiger partial charge on any atom is -0.365 e. The lowest BCUT2D eigenvalue weighted by atomic mass is 10.2. The molecule has 0 saturated carbocycles. The highest BCUT2D eigenvalue weighted by atomic mass is 19.1. The number of carbonyl (C=O) groups is 1. The van der Waals surface area contributed by atoms with Crippen molar-refractivity contribution >= 4 is 17.5 Å². The number of anilines is 2. The number of carbonyl (C=O) groups excluding carboxylic acids is 1. The lowest BCUT2D eigenvalue weighted by Crippen LogP contribution is -2.49. The van der Waals surface area contributed by atoms with Crippen LogP contribution in [0.3, 0.4) is 0 Å². The first kappa shape index (κ1) is 19.7. The molecule has 4 rings (SSSR count). The Morgan fingerprint density at radius 1 is 1.23 bits per heavy atom. The number of pyridine rings is 1. The highest BCUT2D eigenvalue weighted by Gasteiger charge is 2.29.